The first-order chi connectivity index (χ1) is 5.52. The number of aryl methyl sites for hydroxylation is 1. The predicted molar refractivity (Wildman–Crippen MR) is 44.5 cm³/mol. The molecule has 0 aliphatic heterocycles. The highest BCUT2D eigenvalue weighted by molar-refractivity contribution is 9.10. The number of aromatic nitrogens is 1. The van der Waals surface area contributed by atoms with Gasteiger partial charge in [0.2, 0.25) is 0 Å². The van der Waals surface area contributed by atoms with E-state index in [9.17, 15) is 13.6 Å². The molecule has 0 bridgehead atoms. The van der Waals surface area contributed by atoms with Crippen molar-refractivity contribution in [1.29, 1.82) is 0 Å². The van der Waals surface area contributed by atoms with Crippen LogP contribution in [0.3, 0.4) is 0 Å². The Labute approximate surface area is 75.7 Å². The van der Waals surface area contributed by atoms with E-state index in [0.717, 1.165) is 6.07 Å². The van der Waals surface area contributed by atoms with Gasteiger partial charge in [0.25, 0.3) is 6.43 Å². The molecule has 0 aliphatic rings. The summed E-state index contributed by atoms with van der Waals surface area (Å²) in [5, 5.41) is 0. The molecule has 0 saturated carbocycles. The lowest BCUT2D eigenvalue weighted by molar-refractivity contribution is 0.145. The molecule has 0 spiro atoms. The molecule has 1 aromatic rings. The van der Waals surface area contributed by atoms with Crippen molar-refractivity contribution in [2.45, 2.75) is 13.3 Å². The van der Waals surface area contributed by atoms with Crippen LogP contribution in [0.1, 0.15) is 17.8 Å². The number of halogens is 3. The van der Waals surface area contributed by atoms with Crippen molar-refractivity contribution >= 4 is 15.9 Å². The summed E-state index contributed by atoms with van der Waals surface area (Å²) in [6, 6.07) is 0.891. The summed E-state index contributed by atoms with van der Waals surface area (Å²) < 4.78 is 24.4. The van der Waals surface area contributed by atoms with E-state index in [1.54, 1.807) is 6.92 Å². The van der Waals surface area contributed by atoms with Crippen molar-refractivity contribution < 1.29 is 8.78 Å². The van der Waals surface area contributed by atoms with Gasteiger partial charge in [-0.1, -0.05) is 0 Å². The summed E-state index contributed by atoms with van der Waals surface area (Å²) in [6.45, 7) is 1.55. The second kappa shape index (κ2) is 3.35. The molecule has 1 aromatic heterocycles. The van der Waals surface area contributed by atoms with Gasteiger partial charge in [0.05, 0.1) is 10.2 Å². The van der Waals surface area contributed by atoms with Gasteiger partial charge >= 0.3 is 0 Å². The van der Waals surface area contributed by atoms with E-state index >= 15 is 0 Å². The van der Waals surface area contributed by atoms with Gasteiger partial charge in [-0.05, 0) is 22.9 Å². The van der Waals surface area contributed by atoms with E-state index < -0.39 is 11.9 Å². The lowest BCUT2D eigenvalue weighted by Crippen LogP contribution is -2.07. The Morgan fingerprint density at radius 2 is 2.17 bits per heavy atom. The fraction of sp³-hybridized carbons (Fsp3) is 0.286. The molecule has 12 heavy (non-hydrogen) atoms. The summed E-state index contributed by atoms with van der Waals surface area (Å²) in [4.78, 5) is 13.4. The van der Waals surface area contributed by atoms with Gasteiger partial charge < -0.3 is 4.98 Å². The number of pyridine rings is 1. The van der Waals surface area contributed by atoms with Crippen LogP contribution in [-0.4, -0.2) is 4.98 Å². The highest BCUT2D eigenvalue weighted by Crippen LogP contribution is 2.17. The summed E-state index contributed by atoms with van der Waals surface area (Å²) in [5.74, 6) is 0. The van der Waals surface area contributed by atoms with Crippen molar-refractivity contribution in [3.05, 3.63) is 32.2 Å². The number of H-pyrrole nitrogens is 1. The fourth-order valence-electron chi connectivity index (χ4n) is 0.814. The Morgan fingerprint density at radius 3 is 2.58 bits per heavy atom. The molecule has 0 aliphatic carbocycles. The van der Waals surface area contributed by atoms with Gasteiger partial charge in [0.15, 0.2) is 5.43 Å². The lowest BCUT2D eigenvalue weighted by Gasteiger charge is -2.02. The van der Waals surface area contributed by atoms with E-state index in [4.69, 9.17) is 0 Å². The molecule has 66 valence electrons. The Bertz CT molecular complexity index is 348. The van der Waals surface area contributed by atoms with Gasteiger partial charge in [0.1, 0.15) is 0 Å². The molecule has 0 aromatic carbocycles. The van der Waals surface area contributed by atoms with E-state index in [1.165, 1.54) is 0 Å². The monoisotopic (exact) mass is 237 g/mol. The molecule has 1 rings (SSSR count). The summed E-state index contributed by atoms with van der Waals surface area (Å²) in [5.41, 5.74) is -0.361. The molecular formula is C7H6BrF2NO. The first-order valence-electron chi connectivity index (χ1n) is 3.20. The SMILES string of the molecule is Cc1[nH]c(C(F)F)cc(=O)c1Br. The van der Waals surface area contributed by atoms with Crippen molar-refractivity contribution in [2.75, 3.05) is 0 Å². The average molecular weight is 238 g/mol. The van der Waals surface area contributed by atoms with Crippen LogP contribution in [0.2, 0.25) is 0 Å². The Balaban J connectivity index is 3.31. The van der Waals surface area contributed by atoms with Crippen molar-refractivity contribution in [2.24, 2.45) is 0 Å². The maximum Gasteiger partial charge on any atom is 0.278 e. The largest absolute Gasteiger partial charge is 0.357 e. The Hall–Kier alpha value is -0.710. The number of rotatable bonds is 1. The van der Waals surface area contributed by atoms with Crippen LogP contribution in [0.15, 0.2) is 15.3 Å². The number of hydrogen-bond acceptors (Lipinski definition) is 1. The molecule has 0 radical (unpaired) electrons. The number of alkyl halides is 2. The normalized spacial score (nSPS) is 10.8. The standard InChI is InChI=1S/C7H6BrF2NO/c1-3-6(8)5(12)2-4(11-3)7(9)10/h2,7H,1H3,(H,11,12). The van der Waals surface area contributed by atoms with Crippen molar-refractivity contribution in [3.8, 4) is 0 Å². The Kier molecular flexibility index (Phi) is 2.62. The molecule has 0 saturated heterocycles. The fourth-order valence-corrected chi connectivity index (χ4v) is 1.03. The van der Waals surface area contributed by atoms with Crippen LogP contribution in [0.5, 0.6) is 0 Å². The third-order valence-corrected chi connectivity index (χ3v) is 2.38. The molecule has 0 fully saturated rings. The van der Waals surface area contributed by atoms with Gasteiger partial charge in [-0.3, -0.25) is 4.79 Å². The molecule has 0 atom stereocenters. The zero-order chi connectivity index (χ0) is 9.30. The van der Waals surface area contributed by atoms with Crippen LogP contribution < -0.4 is 5.43 Å². The van der Waals surface area contributed by atoms with Crippen LogP contribution in [0, 0.1) is 6.92 Å². The average Bonchev–Trinajstić information content (AvgIpc) is 1.99. The van der Waals surface area contributed by atoms with Gasteiger partial charge in [-0.25, -0.2) is 8.78 Å². The molecule has 0 amide bonds. The maximum atomic E-state index is 12.1. The zero-order valence-corrected chi connectivity index (χ0v) is 7.78. The first-order valence-corrected chi connectivity index (χ1v) is 3.99. The molecule has 2 nitrogen and oxygen atoms in total. The van der Waals surface area contributed by atoms with E-state index in [2.05, 4.69) is 20.9 Å². The van der Waals surface area contributed by atoms with Crippen LogP contribution in [0.4, 0.5) is 8.78 Å². The summed E-state index contributed by atoms with van der Waals surface area (Å²) in [7, 11) is 0. The number of nitrogens with one attached hydrogen (secondary N) is 1. The number of hydrogen-bond donors (Lipinski definition) is 1. The second-order valence-corrected chi connectivity index (χ2v) is 3.12. The van der Waals surface area contributed by atoms with Crippen LogP contribution >= 0.6 is 15.9 Å². The lowest BCUT2D eigenvalue weighted by atomic mass is 10.3. The predicted octanol–water partition coefficient (Wildman–Crippen LogP) is 2.38. The third kappa shape index (κ3) is 1.72. The minimum absolute atomic E-state index is 0.298. The maximum absolute atomic E-state index is 12.1. The minimum Gasteiger partial charge on any atom is -0.357 e. The number of aromatic amines is 1. The first kappa shape index (κ1) is 9.38. The van der Waals surface area contributed by atoms with Crippen molar-refractivity contribution in [3.63, 3.8) is 0 Å². The van der Waals surface area contributed by atoms with Gasteiger partial charge in [-0.15, -0.1) is 0 Å². The Morgan fingerprint density at radius 1 is 1.58 bits per heavy atom. The van der Waals surface area contributed by atoms with Crippen LogP contribution in [-0.2, 0) is 0 Å². The van der Waals surface area contributed by atoms with Crippen LogP contribution in [0.25, 0.3) is 0 Å². The van der Waals surface area contributed by atoms with Gasteiger partial charge in [0, 0.05) is 11.8 Å². The second-order valence-electron chi connectivity index (χ2n) is 2.33. The van der Waals surface area contributed by atoms with E-state index in [0.29, 0.717) is 10.2 Å². The highest BCUT2D eigenvalue weighted by atomic mass is 79.9. The topological polar surface area (TPSA) is 32.9 Å². The third-order valence-electron chi connectivity index (χ3n) is 1.40. The molecule has 5 heteroatoms. The molecule has 0 unspecified atom stereocenters. The van der Waals surface area contributed by atoms with E-state index in [-0.39, 0.29) is 5.69 Å². The quantitative estimate of drug-likeness (QED) is 0.800. The minimum atomic E-state index is -2.63. The smallest absolute Gasteiger partial charge is 0.278 e. The highest BCUT2D eigenvalue weighted by Gasteiger charge is 2.10. The molecule has 1 heterocycles. The zero-order valence-electron chi connectivity index (χ0n) is 6.20. The molecule has 1 N–H and O–H groups in total. The van der Waals surface area contributed by atoms with Gasteiger partial charge in [-0.2, -0.15) is 0 Å². The van der Waals surface area contributed by atoms with E-state index in [1.807, 2.05) is 0 Å². The summed E-state index contributed by atoms with van der Waals surface area (Å²) in [6.07, 6.45) is -2.63. The van der Waals surface area contributed by atoms with Crippen molar-refractivity contribution in [1.82, 2.24) is 4.98 Å². The molecular weight excluding hydrogens is 232 g/mol. The summed E-state index contributed by atoms with van der Waals surface area (Å²) >= 11 is 2.97.